The molecule has 0 bridgehead atoms. The van der Waals surface area contributed by atoms with E-state index in [-0.39, 0.29) is 11.8 Å². The Bertz CT molecular complexity index is 756. The quantitative estimate of drug-likeness (QED) is 0.668. The summed E-state index contributed by atoms with van der Waals surface area (Å²) < 4.78 is 5.21. The van der Waals surface area contributed by atoms with Crippen molar-refractivity contribution in [3.8, 4) is 5.75 Å². The highest BCUT2D eigenvalue weighted by Crippen LogP contribution is 2.26. The van der Waals surface area contributed by atoms with Gasteiger partial charge in [-0.2, -0.15) is 0 Å². The molecule has 0 radical (unpaired) electrons. The number of hydrogen-bond donors (Lipinski definition) is 1. The summed E-state index contributed by atoms with van der Waals surface area (Å²) in [6.45, 7) is 3.62. The highest BCUT2D eigenvalue weighted by molar-refractivity contribution is 5.91. The zero-order valence-electron chi connectivity index (χ0n) is 17.8. The van der Waals surface area contributed by atoms with Crippen molar-refractivity contribution in [1.29, 1.82) is 0 Å². The fraction of sp³-hybridized carbons (Fsp3) is 0.583. The van der Waals surface area contributed by atoms with Gasteiger partial charge in [0, 0.05) is 31.6 Å². The largest absolute Gasteiger partial charge is 0.497 e. The lowest BCUT2D eigenvalue weighted by Gasteiger charge is -2.33. The van der Waals surface area contributed by atoms with E-state index in [1.807, 2.05) is 30.0 Å². The maximum absolute atomic E-state index is 12.7. The molecule has 2 aliphatic rings. The van der Waals surface area contributed by atoms with Crippen LogP contribution in [0.25, 0.3) is 0 Å². The summed E-state index contributed by atoms with van der Waals surface area (Å²) in [7, 11) is 1.64. The summed E-state index contributed by atoms with van der Waals surface area (Å²) in [4.78, 5) is 27.1. The molecule has 5 heteroatoms. The van der Waals surface area contributed by atoms with Crippen LogP contribution >= 0.6 is 0 Å². The molecular weight excluding hydrogens is 364 g/mol. The first kappa shape index (κ1) is 21.4. The molecule has 1 aromatic carbocycles. The zero-order valence-corrected chi connectivity index (χ0v) is 17.8. The van der Waals surface area contributed by atoms with E-state index in [4.69, 9.17) is 4.74 Å². The van der Waals surface area contributed by atoms with E-state index in [9.17, 15) is 9.59 Å². The molecule has 1 fully saturated rings. The number of aryl methyl sites for hydroxylation is 1. The maximum atomic E-state index is 12.7. The minimum atomic E-state index is 0.0362. The second kappa shape index (κ2) is 10.5. The van der Waals surface area contributed by atoms with Crippen LogP contribution in [-0.2, 0) is 9.59 Å². The molecule has 1 aromatic rings. The van der Waals surface area contributed by atoms with Gasteiger partial charge in [-0.05, 0) is 81.5 Å². The lowest BCUT2D eigenvalue weighted by molar-refractivity contribution is -0.132. The minimum Gasteiger partial charge on any atom is -0.497 e. The molecule has 1 unspecified atom stereocenters. The van der Waals surface area contributed by atoms with Crippen LogP contribution in [0.4, 0.5) is 5.69 Å². The number of carbonyl (C=O) groups is 2. The average molecular weight is 399 g/mol. The Morgan fingerprint density at radius 2 is 2.10 bits per heavy atom. The van der Waals surface area contributed by atoms with Crippen LogP contribution in [-0.4, -0.2) is 36.9 Å². The molecule has 1 atom stereocenters. The van der Waals surface area contributed by atoms with Crippen molar-refractivity contribution >= 4 is 17.5 Å². The molecule has 5 nitrogen and oxygen atoms in total. The fourth-order valence-corrected chi connectivity index (χ4v) is 4.35. The molecular formula is C24H34N2O3. The Kier molecular flexibility index (Phi) is 7.73. The second-order valence-corrected chi connectivity index (χ2v) is 8.40. The van der Waals surface area contributed by atoms with Crippen LogP contribution in [0.15, 0.2) is 29.8 Å². The second-order valence-electron chi connectivity index (χ2n) is 8.40. The van der Waals surface area contributed by atoms with E-state index < -0.39 is 0 Å². The molecule has 0 saturated carbocycles. The summed E-state index contributed by atoms with van der Waals surface area (Å²) in [5.41, 5.74) is 3.14. The van der Waals surface area contributed by atoms with Gasteiger partial charge < -0.3 is 15.0 Å². The SMILES string of the molecule is COc1ccc(NC(=O)CCC2CCCN(C(=O)CC3=CCCCC3)C2)c(C)c1. The topological polar surface area (TPSA) is 58.6 Å². The highest BCUT2D eigenvalue weighted by Gasteiger charge is 2.24. The Labute approximate surface area is 174 Å². The van der Waals surface area contributed by atoms with E-state index in [1.54, 1.807) is 7.11 Å². The number of ether oxygens (including phenoxy) is 1. The fourth-order valence-electron chi connectivity index (χ4n) is 4.35. The number of rotatable bonds is 7. The minimum absolute atomic E-state index is 0.0362. The predicted octanol–water partition coefficient (Wildman–Crippen LogP) is 4.85. The number of methoxy groups -OCH3 is 1. The first-order valence-corrected chi connectivity index (χ1v) is 11.0. The van der Waals surface area contributed by atoms with Gasteiger partial charge in [-0.3, -0.25) is 9.59 Å². The molecule has 0 aromatic heterocycles. The van der Waals surface area contributed by atoms with Gasteiger partial charge in [-0.1, -0.05) is 11.6 Å². The van der Waals surface area contributed by atoms with Crippen molar-refractivity contribution in [2.45, 2.75) is 64.7 Å². The molecule has 158 valence electrons. The predicted molar refractivity (Wildman–Crippen MR) is 116 cm³/mol. The van der Waals surface area contributed by atoms with E-state index in [0.717, 1.165) is 62.2 Å². The Morgan fingerprint density at radius 3 is 2.83 bits per heavy atom. The van der Waals surface area contributed by atoms with Crippen LogP contribution < -0.4 is 10.1 Å². The van der Waals surface area contributed by atoms with Gasteiger partial charge in [-0.25, -0.2) is 0 Å². The van der Waals surface area contributed by atoms with Crippen molar-refractivity contribution < 1.29 is 14.3 Å². The van der Waals surface area contributed by atoms with Crippen molar-refractivity contribution in [3.05, 3.63) is 35.4 Å². The zero-order chi connectivity index (χ0) is 20.6. The van der Waals surface area contributed by atoms with E-state index in [2.05, 4.69) is 11.4 Å². The summed E-state index contributed by atoms with van der Waals surface area (Å²) in [5.74, 6) is 1.50. The number of amides is 2. The number of likely N-dealkylation sites (tertiary alicyclic amines) is 1. The number of nitrogens with zero attached hydrogens (tertiary/aromatic N) is 1. The number of benzene rings is 1. The summed E-state index contributed by atoms with van der Waals surface area (Å²) >= 11 is 0. The number of hydrogen-bond acceptors (Lipinski definition) is 3. The molecule has 1 saturated heterocycles. The van der Waals surface area contributed by atoms with Gasteiger partial charge in [0.05, 0.1) is 7.11 Å². The number of anilines is 1. The third kappa shape index (κ3) is 6.34. The number of piperidine rings is 1. The molecule has 2 amide bonds. The van der Waals surface area contributed by atoms with E-state index in [1.165, 1.54) is 18.4 Å². The van der Waals surface area contributed by atoms with Gasteiger partial charge in [0.2, 0.25) is 11.8 Å². The normalized spacial score (nSPS) is 19.4. The standard InChI is InChI=1S/C24H34N2O3/c1-18-15-21(29-2)11-12-22(18)25-23(27)13-10-20-9-6-14-26(17-20)24(28)16-19-7-4-3-5-8-19/h7,11-12,15,20H,3-6,8-10,13-14,16-17H2,1-2H3,(H,25,27). The number of carbonyl (C=O) groups excluding carboxylic acids is 2. The van der Waals surface area contributed by atoms with Crippen LogP contribution in [0.2, 0.25) is 0 Å². The van der Waals surface area contributed by atoms with Crippen LogP contribution in [0.3, 0.4) is 0 Å². The molecule has 3 rings (SSSR count). The molecule has 0 spiro atoms. The molecule has 1 aliphatic heterocycles. The Balaban J connectivity index is 1.44. The lowest BCUT2D eigenvalue weighted by Crippen LogP contribution is -2.40. The van der Waals surface area contributed by atoms with Crippen molar-refractivity contribution in [2.24, 2.45) is 5.92 Å². The third-order valence-electron chi connectivity index (χ3n) is 6.12. The van der Waals surface area contributed by atoms with Gasteiger partial charge >= 0.3 is 0 Å². The summed E-state index contributed by atoms with van der Waals surface area (Å²) in [6, 6.07) is 5.66. The summed E-state index contributed by atoms with van der Waals surface area (Å²) in [6.07, 6.45) is 11.0. The first-order valence-electron chi connectivity index (χ1n) is 11.0. The van der Waals surface area contributed by atoms with Crippen molar-refractivity contribution in [3.63, 3.8) is 0 Å². The van der Waals surface area contributed by atoms with Gasteiger partial charge in [-0.15, -0.1) is 0 Å². The highest BCUT2D eigenvalue weighted by atomic mass is 16.5. The average Bonchev–Trinajstić information content (AvgIpc) is 2.74. The number of allylic oxidation sites excluding steroid dienone is 1. The number of nitrogens with one attached hydrogen (secondary N) is 1. The van der Waals surface area contributed by atoms with Crippen molar-refractivity contribution in [2.75, 3.05) is 25.5 Å². The van der Waals surface area contributed by atoms with Gasteiger partial charge in [0.1, 0.15) is 5.75 Å². The first-order chi connectivity index (χ1) is 14.0. The van der Waals surface area contributed by atoms with Crippen LogP contribution in [0.1, 0.15) is 63.4 Å². The van der Waals surface area contributed by atoms with E-state index in [0.29, 0.717) is 18.8 Å². The maximum Gasteiger partial charge on any atom is 0.226 e. The van der Waals surface area contributed by atoms with E-state index >= 15 is 0 Å². The molecule has 1 N–H and O–H groups in total. The van der Waals surface area contributed by atoms with Crippen molar-refractivity contribution in [1.82, 2.24) is 4.90 Å². The van der Waals surface area contributed by atoms with Gasteiger partial charge in [0.15, 0.2) is 0 Å². The molecule has 1 heterocycles. The smallest absolute Gasteiger partial charge is 0.226 e. The molecule has 29 heavy (non-hydrogen) atoms. The third-order valence-corrected chi connectivity index (χ3v) is 6.12. The van der Waals surface area contributed by atoms with Gasteiger partial charge in [0.25, 0.3) is 0 Å². The Hall–Kier alpha value is -2.30. The molecule has 1 aliphatic carbocycles. The Morgan fingerprint density at radius 1 is 1.24 bits per heavy atom. The monoisotopic (exact) mass is 398 g/mol. The lowest BCUT2D eigenvalue weighted by atomic mass is 9.92. The summed E-state index contributed by atoms with van der Waals surface area (Å²) in [5, 5.41) is 3.01. The van der Waals surface area contributed by atoms with Crippen LogP contribution in [0, 0.1) is 12.8 Å². The van der Waals surface area contributed by atoms with Crippen LogP contribution in [0.5, 0.6) is 5.75 Å².